The highest BCUT2D eigenvalue weighted by Crippen LogP contribution is 2.17. The third-order valence-corrected chi connectivity index (χ3v) is 5.41. The summed E-state index contributed by atoms with van der Waals surface area (Å²) in [5.41, 5.74) is 8.60. The molecule has 0 saturated heterocycles. The lowest BCUT2D eigenvalue weighted by molar-refractivity contribution is 0.0954. The van der Waals surface area contributed by atoms with E-state index in [9.17, 15) is 15.0 Å². The molecule has 0 aliphatic heterocycles. The number of aliphatic hydroxyl groups excluding tert-OH is 1. The molecular weight excluding hydrogens is 416 g/mol. The van der Waals surface area contributed by atoms with E-state index in [1.54, 1.807) is 42.6 Å². The molecule has 0 aliphatic carbocycles. The lowest BCUT2D eigenvalue weighted by atomic mass is 9.93. The van der Waals surface area contributed by atoms with Crippen LogP contribution in [-0.4, -0.2) is 39.7 Å². The van der Waals surface area contributed by atoms with Crippen LogP contribution >= 0.6 is 0 Å². The van der Waals surface area contributed by atoms with Crippen molar-refractivity contribution in [2.45, 2.75) is 38.3 Å². The van der Waals surface area contributed by atoms with Crippen molar-refractivity contribution in [3.8, 4) is 5.75 Å². The molecule has 7 heteroatoms. The number of hydrogen-bond acceptors (Lipinski definition) is 6. The molecule has 0 saturated carbocycles. The summed E-state index contributed by atoms with van der Waals surface area (Å²) in [5.74, 6) is 0.511. The third-order valence-electron chi connectivity index (χ3n) is 5.41. The molecule has 0 fully saturated rings. The summed E-state index contributed by atoms with van der Waals surface area (Å²) in [6.45, 7) is 4.97. The summed E-state index contributed by atoms with van der Waals surface area (Å²) in [6, 6.07) is 18.0. The fourth-order valence-electron chi connectivity index (χ4n) is 3.63. The highest BCUT2D eigenvalue weighted by Gasteiger charge is 2.20. The summed E-state index contributed by atoms with van der Waals surface area (Å²) in [4.78, 5) is 16.6. The zero-order valence-electron chi connectivity index (χ0n) is 19.1. The molecule has 33 heavy (non-hydrogen) atoms. The Hall–Kier alpha value is -3.42. The second-order valence-electron chi connectivity index (χ2n) is 8.85. The molecule has 0 bridgehead atoms. The van der Waals surface area contributed by atoms with E-state index in [4.69, 9.17) is 5.73 Å². The predicted molar refractivity (Wildman–Crippen MR) is 130 cm³/mol. The molecule has 7 nitrogen and oxygen atoms in total. The number of aliphatic hydroxyl groups is 1. The number of anilines is 1. The first-order valence-corrected chi connectivity index (χ1v) is 11.0. The number of benzene rings is 2. The number of nitrogens with zero attached hydrogens (tertiary/aromatic N) is 1. The smallest absolute Gasteiger partial charge is 0.251 e. The van der Waals surface area contributed by atoms with Crippen LogP contribution in [0, 0.1) is 0 Å². The van der Waals surface area contributed by atoms with E-state index < -0.39 is 6.10 Å². The SMILES string of the molecule is CC(C)(Cc1cccc(C(=O)NCCc2cccc(O)c2)c1)NC[C@@H](O)c1ccc(N)nc1. The molecule has 174 valence electrons. The van der Waals surface area contributed by atoms with Crippen molar-refractivity contribution in [1.29, 1.82) is 0 Å². The van der Waals surface area contributed by atoms with Crippen molar-refractivity contribution in [1.82, 2.24) is 15.6 Å². The fraction of sp³-hybridized carbons (Fsp3) is 0.308. The molecule has 2 aromatic carbocycles. The number of aromatic nitrogens is 1. The first-order chi connectivity index (χ1) is 15.7. The summed E-state index contributed by atoms with van der Waals surface area (Å²) in [5, 5.41) is 26.3. The maximum atomic E-state index is 12.6. The van der Waals surface area contributed by atoms with Crippen LogP contribution in [0.2, 0.25) is 0 Å². The van der Waals surface area contributed by atoms with E-state index in [1.165, 1.54) is 0 Å². The maximum absolute atomic E-state index is 12.6. The topological polar surface area (TPSA) is 120 Å². The zero-order chi connectivity index (χ0) is 23.8. The molecule has 0 unspecified atom stereocenters. The van der Waals surface area contributed by atoms with E-state index in [-0.39, 0.29) is 17.2 Å². The van der Waals surface area contributed by atoms with Gasteiger partial charge in [0.15, 0.2) is 0 Å². The van der Waals surface area contributed by atoms with Gasteiger partial charge in [-0.25, -0.2) is 4.98 Å². The highest BCUT2D eigenvalue weighted by atomic mass is 16.3. The minimum Gasteiger partial charge on any atom is -0.508 e. The Morgan fingerprint density at radius 1 is 1.09 bits per heavy atom. The molecule has 1 amide bonds. The normalized spacial score (nSPS) is 12.3. The van der Waals surface area contributed by atoms with E-state index in [1.807, 2.05) is 24.3 Å². The molecule has 1 aromatic heterocycles. The maximum Gasteiger partial charge on any atom is 0.251 e. The van der Waals surface area contributed by atoms with Crippen LogP contribution in [0.4, 0.5) is 5.82 Å². The van der Waals surface area contributed by atoms with Crippen molar-refractivity contribution in [2.75, 3.05) is 18.8 Å². The number of carbonyl (C=O) groups is 1. The Balaban J connectivity index is 1.52. The summed E-state index contributed by atoms with van der Waals surface area (Å²) in [7, 11) is 0. The van der Waals surface area contributed by atoms with Crippen LogP contribution in [0.15, 0.2) is 66.9 Å². The number of nitrogens with two attached hydrogens (primary N) is 1. The van der Waals surface area contributed by atoms with E-state index in [0.717, 1.165) is 11.1 Å². The predicted octanol–water partition coefficient (Wildman–Crippen LogP) is 2.99. The van der Waals surface area contributed by atoms with Gasteiger partial charge in [0.2, 0.25) is 0 Å². The van der Waals surface area contributed by atoms with Crippen molar-refractivity contribution in [3.05, 3.63) is 89.1 Å². The minimum absolute atomic E-state index is 0.131. The molecule has 6 N–H and O–H groups in total. The third kappa shape index (κ3) is 7.59. The number of amides is 1. The molecular formula is C26H32N4O3. The van der Waals surface area contributed by atoms with Crippen molar-refractivity contribution in [3.63, 3.8) is 0 Å². The van der Waals surface area contributed by atoms with Gasteiger partial charge in [0, 0.05) is 36.0 Å². The number of rotatable bonds is 10. The standard InChI is InChI=1S/C26H32N4O3/c1-26(2,30-17-23(32)21-9-10-24(27)29-16-21)15-19-6-3-7-20(13-19)25(33)28-12-11-18-5-4-8-22(31)14-18/h3-10,13-14,16,23,30-32H,11-12,15,17H2,1-2H3,(H2,27,29)(H,28,33)/t23-/m1/s1. The van der Waals surface area contributed by atoms with Gasteiger partial charge in [-0.3, -0.25) is 4.79 Å². The Kier molecular flexibility index (Phi) is 8.03. The number of nitrogen functional groups attached to an aromatic ring is 1. The quantitative estimate of drug-likeness (QED) is 0.325. The average Bonchev–Trinajstić information content (AvgIpc) is 2.78. The Morgan fingerprint density at radius 3 is 2.58 bits per heavy atom. The number of phenolic OH excluding ortho intramolecular Hbond substituents is 1. The summed E-state index contributed by atoms with van der Waals surface area (Å²) in [6.07, 6.45) is 2.21. The summed E-state index contributed by atoms with van der Waals surface area (Å²) >= 11 is 0. The Morgan fingerprint density at radius 2 is 1.85 bits per heavy atom. The number of nitrogens with one attached hydrogen (secondary N) is 2. The zero-order valence-corrected chi connectivity index (χ0v) is 19.1. The monoisotopic (exact) mass is 448 g/mol. The van der Waals surface area contributed by atoms with Gasteiger partial charge >= 0.3 is 0 Å². The first-order valence-electron chi connectivity index (χ1n) is 11.0. The number of aromatic hydroxyl groups is 1. The molecule has 1 heterocycles. The lowest BCUT2D eigenvalue weighted by Crippen LogP contribution is -2.43. The van der Waals surface area contributed by atoms with Crippen LogP contribution in [-0.2, 0) is 12.8 Å². The van der Waals surface area contributed by atoms with Gasteiger partial charge < -0.3 is 26.6 Å². The fourth-order valence-corrected chi connectivity index (χ4v) is 3.63. The van der Waals surface area contributed by atoms with Crippen LogP contribution in [0.25, 0.3) is 0 Å². The van der Waals surface area contributed by atoms with Crippen LogP contribution in [0.1, 0.15) is 47.0 Å². The average molecular weight is 449 g/mol. The Labute approximate surface area is 194 Å². The number of β-amino-alcohol motifs (C(OH)–C–C–N with tert-alkyl or cyclic N) is 1. The van der Waals surface area contributed by atoms with Crippen LogP contribution in [0.3, 0.4) is 0 Å². The van der Waals surface area contributed by atoms with Crippen molar-refractivity contribution in [2.24, 2.45) is 0 Å². The number of hydrogen-bond donors (Lipinski definition) is 5. The lowest BCUT2D eigenvalue weighted by Gasteiger charge is -2.28. The largest absolute Gasteiger partial charge is 0.508 e. The van der Waals surface area contributed by atoms with Gasteiger partial charge in [-0.15, -0.1) is 0 Å². The van der Waals surface area contributed by atoms with E-state index in [2.05, 4.69) is 29.5 Å². The number of phenols is 1. The molecule has 3 aromatic rings. The second kappa shape index (κ2) is 10.9. The summed E-state index contributed by atoms with van der Waals surface area (Å²) < 4.78 is 0. The molecule has 0 radical (unpaired) electrons. The van der Waals surface area contributed by atoms with Crippen molar-refractivity contribution >= 4 is 11.7 Å². The first kappa shape index (κ1) is 24.2. The molecule has 0 spiro atoms. The van der Waals surface area contributed by atoms with Crippen molar-refractivity contribution < 1.29 is 15.0 Å². The van der Waals surface area contributed by atoms with E-state index in [0.29, 0.717) is 42.9 Å². The molecule has 3 rings (SSSR count). The van der Waals surface area contributed by atoms with Gasteiger partial charge in [0.1, 0.15) is 11.6 Å². The molecule has 1 atom stereocenters. The van der Waals surface area contributed by atoms with Gasteiger partial charge in [0.25, 0.3) is 5.91 Å². The molecule has 0 aliphatic rings. The van der Waals surface area contributed by atoms with Gasteiger partial charge in [0.05, 0.1) is 6.10 Å². The van der Waals surface area contributed by atoms with Crippen LogP contribution in [0.5, 0.6) is 5.75 Å². The van der Waals surface area contributed by atoms with E-state index >= 15 is 0 Å². The Bertz CT molecular complexity index is 1070. The second-order valence-corrected chi connectivity index (χ2v) is 8.85. The highest BCUT2D eigenvalue weighted by molar-refractivity contribution is 5.94. The number of pyridine rings is 1. The van der Waals surface area contributed by atoms with Gasteiger partial charge in [-0.1, -0.05) is 30.3 Å². The van der Waals surface area contributed by atoms with Gasteiger partial charge in [-0.05, 0) is 68.1 Å². The number of carbonyl (C=O) groups excluding carboxylic acids is 1. The minimum atomic E-state index is -0.694. The van der Waals surface area contributed by atoms with Crippen LogP contribution < -0.4 is 16.4 Å². The van der Waals surface area contributed by atoms with Gasteiger partial charge in [-0.2, -0.15) is 0 Å².